The van der Waals surface area contributed by atoms with Crippen molar-refractivity contribution in [3.8, 4) is 12.3 Å². The van der Waals surface area contributed by atoms with Crippen LogP contribution in [0.3, 0.4) is 0 Å². The van der Waals surface area contributed by atoms with Crippen LogP contribution < -0.4 is 10.0 Å². The van der Waals surface area contributed by atoms with Crippen molar-refractivity contribution in [1.29, 1.82) is 0 Å². The van der Waals surface area contributed by atoms with Crippen molar-refractivity contribution in [3.05, 3.63) is 24.3 Å². The highest BCUT2D eigenvalue weighted by Crippen LogP contribution is 2.16. The zero-order chi connectivity index (χ0) is 16.1. The molecule has 0 saturated carbocycles. The highest BCUT2D eigenvalue weighted by molar-refractivity contribution is 7.89. The lowest BCUT2D eigenvalue weighted by Crippen LogP contribution is -2.32. The van der Waals surface area contributed by atoms with Crippen molar-refractivity contribution in [2.75, 3.05) is 11.9 Å². The van der Waals surface area contributed by atoms with Gasteiger partial charge < -0.3 is 15.2 Å². The summed E-state index contributed by atoms with van der Waals surface area (Å²) < 4.78 is 31.2. The van der Waals surface area contributed by atoms with Gasteiger partial charge >= 0.3 is 0 Å². The summed E-state index contributed by atoms with van der Waals surface area (Å²) in [6.45, 7) is 5.36. The Balaban J connectivity index is 2.73. The summed E-state index contributed by atoms with van der Waals surface area (Å²) in [6.07, 6.45) is 3.83. The van der Waals surface area contributed by atoms with Crippen LogP contribution in [0.25, 0.3) is 0 Å². The van der Waals surface area contributed by atoms with E-state index in [0.717, 1.165) is 0 Å². The Morgan fingerprint density at radius 1 is 1.33 bits per heavy atom. The summed E-state index contributed by atoms with van der Waals surface area (Å²) in [5.74, 6) is 2.20. The third-order valence-corrected chi connectivity index (χ3v) is 3.70. The van der Waals surface area contributed by atoms with Gasteiger partial charge in [0.2, 0.25) is 16.4 Å². The second-order valence-electron chi connectivity index (χ2n) is 5.28. The molecule has 0 saturated heterocycles. The highest BCUT2D eigenvalue weighted by Gasteiger charge is 2.17. The molecule has 1 rings (SSSR count). The number of benzene rings is 1. The Hall–Kier alpha value is -1.59. The largest absolute Gasteiger partial charge is 0.351 e. The summed E-state index contributed by atoms with van der Waals surface area (Å²) >= 11 is 0. The van der Waals surface area contributed by atoms with Crippen LogP contribution in [0.1, 0.15) is 20.8 Å². The molecule has 0 fully saturated rings. The molecule has 0 radical (unpaired) electrons. The molecule has 0 amide bonds. The first-order valence-electron chi connectivity index (χ1n) is 6.30. The van der Waals surface area contributed by atoms with Crippen LogP contribution in [0.2, 0.25) is 0 Å². The minimum atomic E-state index is -3.61. The quantitative estimate of drug-likeness (QED) is 0.541. The minimum absolute atomic E-state index is 0.0690. The molecule has 1 aromatic carbocycles. The van der Waals surface area contributed by atoms with Gasteiger partial charge in [0, 0.05) is 5.69 Å². The first kappa shape index (κ1) is 17.5. The van der Waals surface area contributed by atoms with Gasteiger partial charge in [-0.25, -0.2) is 8.42 Å². The zero-order valence-electron chi connectivity index (χ0n) is 12.3. The Morgan fingerprint density at radius 3 is 2.38 bits per heavy atom. The third kappa shape index (κ3) is 6.14. The van der Waals surface area contributed by atoms with E-state index in [-0.39, 0.29) is 11.4 Å². The fourth-order valence-electron chi connectivity index (χ4n) is 1.46. The van der Waals surface area contributed by atoms with E-state index in [1.807, 2.05) is 20.8 Å². The third-order valence-electron chi connectivity index (χ3n) is 2.28. The van der Waals surface area contributed by atoms with Crippen LogP contribution in [-0.2, 0) is 14.8 Å². The van der Waals surface area contributed by atoms with Crippen LogP contribution in [0.4, 0.5) is 5.69 Å². The molecular formula is C14H20N2O4S. The average Bonchev–Trinajstić information content (AvgIpc) is 2.34. The molecule has 21 heavy (non-hydrogen) atoms. The van der Waals surface area contributed by atoms with E-state index in [2.05, 4.69) is 16.0 Å². The summed E-state index contributed by atoms with van der Waals surface area (Å²) in [6, 6.07) is 5.87. The van der Waals surface area contributed by atoms with Gasteiger partial charge in [-0.3, -0.25) is 0 Å². The predicted octanol–water partition coefficient (Wildman–Crippen LogP) is 1.10. The van der Waals surface area contributed by atoms with Gasteiger partial charge in [-0.1, -0.05) is 5.92 Å². The van der Waals surface area contributed by atoms with E-state index >= 15 is 0 Å². The fraction of sp³-hybridized carbons (Fsp3) is 0.429. The summed E-state index contributed by atoms with van der Waals surface area (Å²) in [4.78, 5) is 0.0922. The lowest BCUT2D eigenvalue weighted by molar-refractivity contribution is -0.148. The number of ether oxygens (including phenoxy) is 1. The molecule has 3 N–H and O–H groups in total. The zero-order valence-corrected chi connectivity index (χ0v) is 13.1. The molecule has 1 unspecified atom stereocenters. The van der Waals surface area contributed by atoms with Gasteiger partial charge in [0.25, 0.3) is 0 Å². The summed E-state index contributed by atoms with van der Waals surface area (Å²) in [5.41, 5.74) is 0.0251. The molecular weight excluding hydrogens is 292 g/mol. The van der Waals surface area contributed by atoms with Crippen LogP contribution in [0, 0.1) is 12.3 Å². The van der Waals surface area contributed by atoms with Crippen molar-refractivity contribution < 1.29 is 18.3 Å². The Kier molecular flexibility index (Phi) is 5.75. The summed E-state index contributed by atoms with van der Waals surface area (Å²) in [7, 11) is -3.61. The van der Waals surface area contributed by atoms with Crippen molar-refractivity contribution in [2.24, 2.45) is 0 Å². The van der Waals surface area contributed by atoms with Gasteiger partial charge in [-0.15, -0.1) is 6.42 Å². The van der Waals surface area contributed by atoms with Crippen LogP contribution in [0.15, 0.2) is 29.2 Å². The van der Waals surface area contributed by atoms with Crippen molar-refractivity contribution in [2.45, 2.75) is 37.7 Å². The lowest BCUT2D eigenvalue weighted by atomic mass is 10.2. The SMILES string of the molecule is C#CCNS(=O)(=O)c1ccc(NC(O)OC(C)(C)C)cc1. The Morgan fingerprint density at radius 2 is 1.90 bits per heavy atom. The van der Waals surface area contributed by atoms with E-state index in [0.29, 0.717) is 5.69 Å². The molecule has 6 nitrogen and oxygen atoms in total. The molecule has 0 aliphatic heterocycles. The molecule has 1 atom stereocenters. The highest BCUT2D eigenvalue weighted by atomic mass is 32.2. The van der Waals surface area contributed by atoms with Gasteiger partial charge in [-0.05, 0) is 45.0 Å². The lowest BCUT2D eigenvalue weighted by Gasteiger charge is -2.24. The first-order chi connectivity index (χ1) is 9.64. The Bertz CT molecular complexity index is 597. The van der Waals surface area contributed by atoms with Crippen molar-refractivity contribution in [3.63, 3.8) is 0 Å². The molecule has 0 aliphatic rings. The van der Waals surface area contributed by atoms with Crippen molar-refractivity contribution in [1.82, 2.24) is 4.72 Å². The molecule has 116 valence electrons. The van der Waals surface area contributed by atoms with Crippen LogP contribution >= 0.6 is 0 Å². The first-order valence-corrected chi connectivity index (χ1v) is 7.78. The molecule has 0 heterocycles. The standard InChI is InChI=1S/C14H20N2O4S/c1-5-10-15-21(18,19)12-8-6-11(7-9-12)16-13(17)20-14(2,3)4/h1,6-9,13,15-17H,10H2,2-4H3. The number of aliphatic hydroxyl groups is 1. The number of hydrogen-bond acceptors (Lipinski definition) is 5. The number of hydrogen-bond donors (Lipinski definition) is 3. The van der Waals surface area contributed by atoms with Crippen molar-refractivity contribution >= 4 is 15.7 Å². The van der Waals surface area contributed by atoms with E-state index in [1.165, 1.54) is 24.3 Å². The van der Waals surface area contributed by atoms with Gasteiger partial charge in [-0.2, -0.15) is 4.72 Å². The van der Waals surface area contributed by atoms with E-state index in [4.69, 9.17) is 11.2 Å². The van der Waals surface area contributed by atoms with E-state index < -0.39 is 22.0 Å². The normalized spacial score (nSPS) is 13.5. The number of nitrogens with one attached hydrogen (secondary N) is 2. The van der Waals surface area contributed by atoms with Gasteiger partial charge in [0.05, 0.1) is 17.0 Å². The summed E-state index contributed by atoms with van der Waals surface area (Å²) in [5, 5.41) is 12.4. The molecule has 0 aromatic heterocycles. The molecule has 0 bridgehead atoms. The van der Waals surface area contributed by atoms with E-state index in [9.17, 15) is 13.5 Å². The minimum Gasteiger partial charge on any atom is -0.351 e. The van der Waals surface area contributed by atoms with Crippen LogP contribution in [0.5, 0.6) is 0 Å². The topological polar surface area (TPSA) is 87.7 Å². The number of rotatable bonds is 6. The van der Waals surface area contributed by atoms with E-state index in [1.54, 1.807) is 0 Å². The van der Waals surface area contributed by atoms with Gasteiger partial charge in [0.15, 0.2) is 0 Å². The second kappa shape index (κ2) is 6.91. The molecule has 0 spiro atoms. The van der Waals surface area contributed by atoms with Gasteiger partial charge in [0.1, 0.15) is 0 Å². The fourth-order valence-corrected chi connectivity index (χ4v) is 2.39. The number of sulfonamides is 1. The molecule has 0 aliphatic carbocycles. The number of aliphatic hydroxyl groups excluding tert-OH is 1. The average molecular weight is 312 g/mol. The van der Waals surface area contributed by atoms with Crippen LogP contribution in [-0.4, -0.2) is 32.1 Å². The second-order valence-corrected chi connectivity index (χ2v) is 7.05. The Labute approximate surface area is 125 Å². The number of terminal acetylenes is 1. The molecule has 1 aromatic rings. The number of anilines is 1. The monoisotopic (exact) mass is 312 g/mol. The molecule has 7 heteroatoms. The maximum absolute atomic E-state index is 11.8. The smallest absolute Gasteiger partial charge is 0.241 e. The predicted molar refractivity (Wildman–Crippen MR) is 80.9 cm³/mol. The maximum atomic E-state index is 11.8. The maximum Gasteiger partial charge on any atom is 0.241 e.